The van der Waals surface area contributed by atoms with Crippen molar-refractivity contribution in [2.45, 2.75) is 40.0 Å². The molecule has 1 rings (SSSR count). The van der Waals surface area contributed by atoms with E-state index in [9.17, 15) is 0 Å². The Morgan fingerprint density at radius 3 is 2.71 bits per heavy atom. The summed E-state index contributed by atoms with van der Waals surface area (Å²) < 4.78 is 0. The van der Waals surface area contributed by atoms with Crippen LogP contribution in [-0.2, 0) is 0 Å². The molecule has 1 aliphatic rings. The lowest BCUT2D eigenvalue weighted by molar-refractivity contribution is 0.421. The molecule has 0 radical (unpaired) electrons. The van der Waals surface area contributed by atoms with Crippen molar-refractivity contribution in [1.82, 2.24) is 0 Å². The van der Waals surface area contributed by atoms with Crippen LogP contribution in [0.15, 0.2) is 53.7 Å². The van der Waals surface area contributed by atoms with Crippen LogP contribution in [0.2, 0.25) is 0 Å². The molecule has 1 nitrogen and oxygen atoms in total. The zero-order valence-electron chi connectivity index (χ0n) is 11.2. The monoisotopic (exact) mass is 229 g/mol. The topological polar surface area (TPSA) is 12.4 Å². The van der Waals surface area contributed by atoms with Crippen molar-refractivity contribution in [2.75, 3.05) is 0 Å². The highest BCUT2D eigenvalue weighted by atomic mass is 14.7. The van der Waals surface area contributed by atoms with Crippen molar-refractivity contribution in [1.29, 1.82) is 0 Å². The van der Waals surface area contributed by atoms with Gasteiger partial charge in [-0.05, 0) is 42.9 Å². The molecular weight excluding hydrogens is 206 g/mol. The van der Waals surface area contributed by atoms with Crippen LogP contribution in [0.1, 0.15) is 40.0 Å². The van der Waals surface area contributed by atoms with Gasteiger partial charge in [-0.2, -0.15) is 0 Å². The first kappa shape index (κ1) is 13.7. The Balaban J connectivity index is 2.65. The number of hydrogen-bond acceptors (Lipinski definition) is 1. The molecule has 0 fully saturated rings. The molecule has 0 aromatic heterocycles. The highest BCUT2D eigenvalue weighted by molar-refractivity contribution is 6.04. The second kappa shape index (κ2) is 6.39. The van der Waals surface area contributed by atoms with Crippen LogP contribution in [0.5, 0.6) is 0 Å². The van der Waals surface area contributed by atoms with E-state index in [0.717, 1.165) is 30.7 Å². The first-order valence-electron chi connectivity index (χ1n) is 6.26. The Labute approximate surface area is 105 Å². The van der Waals surface area contributed by atoms with E-state index >= 15 is 0 Å². The predicted octanol–water partition coefficient (Wildman–Crippen LogP) is 4.84. The minimum absolute atomic E-state index is 0.326. The van der Waals surface area contributed by atoms with E-state index in [0.29, 0.717) is 5.41 Å². The van der Waals surface area contributed by atoms with Crippen LogP contribution in [0, 0.1) is 5.41 Å². The van der Waals surface area contributed by atoms with E-state index in [1.165, 1.54) is 0 Å². The summed E-state index contributed by atoms with van der Waals surface area (Å²) in [5.74, 6) is 0. The minimum atomic E-state index is 0.326. The third-order valence-electron chi connectivity index (χ3n) is 2.46. The van der Waals surface area contributed by atoms with Crippen LogP contribution in [0.25, 0.3) is 0 Å². The van der Waals surface area contributed by atoms with Gasteiger partial charge in [0.25, 0.3) is 0 Å². The van der Waals surface area contributed by atoms with Gasteiger partial charge in [-0.25, -0.2) is 4.99 Å². The van der Waals surface area contributed by atoms with Crippen LogP contribution in [-0.4, -0.2) is 5.71 Å². The maximum Gasteiger partial charge on any atom is 0.0627 e. The molecule has 0 N–H and O–H groups in total. The zero-order chi connectivity index (χ0) is 12.7. The molecule has 17 heavy (non-hydrogen) atoms. The maximum atomic E-state index is 4.56. The highest BCUT2D eigenvalue weighted by Crippen LogP contribution is 2.19. The number of aliphatic imine (C=N–C) groups is 1. The van der Waals surface area contributed by atoms with E-state index < -0.39 is 0 Å². The summed E-state index contributed by atoms with van der Waals surface area (Å²) in [6, 6.07) is 0. The first-order chi connectivity index (χ1) is 8.01. The Hall–Kier alpha value is -1.37. The second-order valence-electron chi connectivity index (χ2n) is 5.52. The molecule has 0 bridgehead atoms. The molecule has 0 aliphatic heterocycles. The number of hydrogen-bond donors (Lipinski definition) is 0. The van der Waals surface area contributed by atoms with Crippen LogP contribution in [0.3, 0.4) is 0 Å². The molecule has 0 unspecified atom stereocenters. The summed E-state index contributed by atoms with van der Waals surface area (Å²) in [6.45, 7) is 10.5. The van der Waals surface area contributed by atoms with E-state index in [4.69, 9.17) is 0 Å². The van der Waals surface area contributed by atoms with Crippen molar-refractivity contribution in [3.05, 3.63) is 48.7 Å². The molecule has 0 saturated carbocycles. The average Bonchev–Trinajstić information content (AvgIpc) is 2.27. The summed E-state index contributed by atoms with van der Waals surface area (Å²) in [5, 5.41) is 0. The van der Waals surface area contributed by atoms with Crippen molar-refractivity contribution >= 4 is 5.71 Å². The smallest absolute Gasteiger partial charge is 0.0627 e. The standard InChI is InChI=1S/C16H23N/c1-5-14(12-9-13-16(2,3)4)17-15-10-7-6-8-11-15/h5,7,9-12H,1,6,8,13H2,2-4H3. The normalized spacial score (nSPS) is 17.4. The molecule has 0 aromatic carbocycles. The average molecular weight is 229 g/mol. The summed E-state index contributed by atoms with van der Waals surface area (Å²) in [4.78, 5) is 4.56. The molecule has 1 heteroatoms. The number of nitrogens with zero attached hydrogens (tertiary/aromatic N) is 1. The second-order valence-corrected chi connectivity index (χ2v) is 5.52. The van der Waals surface area contributed by atoms with Gasteiger partial charge in [0.15, 0.2) is 0 Å². The minimum Gasteiger partial charge on any atom is -0.249 e. The molecule has 1 aliphatic carbocycles. The molecule has 92 valence electrons. The maximum absolute atomic E-state index is 4.56. The Bertz CT molecular complexity index is 373. The van der Waals surface area contributed by atoms with Gasteiger partial charge in [-0.3, -0.25) is 0 Å². The summed E-state index contributed by atoms with van der Waals surface area (Å²) in [7, 11) is 0. The summed E-state index contributed by atoms with van der Waals surface area (Å²) in [5.41, 5.74) is 2.31. The lowest BCUT2D eigenvalue weighted by Crippen LogP contribution is -2.02. The first-order valence-corrected chi connectivity index (χ1v) is 6.26. The molecule has 0 saturated heterocycles. The van der Waals surface area contributed by atoms with Crippen molar-refractivity contribution in [2.24, 2.45) is 10.4 Å². The SMILES string of the molecule is C=CC(C=CCC(C)(C)C)=NC1=CCCC=C1. The third kappa shape index (κ3) is 6.06. The quantitative estimate of drug-likeness (QED) is 0.612. The fourth-order valence-corrected chi connectivity index (χ4v) is 1.52. The van der Waals surface area contributed by atoms with Gasteiger partial charge in [-0.1, -0.05) is 45.6 Å². The van der Waals surface area contributed by atoms with Crippen LogP contribution < -0.4 is 0 Å². The van der Waals surface area contributed by atoms with Gasteiger partial charge in [0, 0.05) is 0 Å². The van der Waals surface area contributed by atoms with Crippen LogP contribution >= 0.6 is 0 Å². The molecule has 0 aromatic rings. The highest BCUT2D eigenvalue weighted by Gasteiger charge is 2.06. The van der Waals surface area contributed by atoms with Crippen LogP contribution in [0.4, 0.5) is 0 Å². The third-order valence-corrected chi connectivity index (χ3v) is 2.46. The van der Waals surface area contributed by atoms with E-state index in [-0.39, 0.29) is 0 Å². The summed E-state index contributed by atoms with van der Waals surface area (Å²) in [6.07, 6.45) is 15.7. The largest absolute Gasteiger partial charge is 0.249 e. The molecule has 0 heterocycles. The van der Waals surface area contributed by atoms with Gasteiger partial charge in [0.05, 0.1) is 11.4 Å². The molecule has 0 spiro atoms. The van der Waals surface area contributed by atoms with Gasteiger partial charge >= 0.3 is 0 Å². The number of rotatable bonds is 4. The van der Waals surface area contributed by atoms with Gasteiger partial charge in [0.2, 0.25) is 0 Å². The lowest BCUT2D eigenvalue weighted by atomic mass is 9.92. The van der Waals surface area contributed by atoms with Gasteiger partial charge in [-0.15, -0.1) is 0 Å². The fourth-order valence-electron chi connectivity index (χ4n) is 1.52. The predicted molar refractivity (Wildman–Crippen MR) is 77.3 cm³/mol. The fraction of sp³-hybridized carbons (Fsp3) is 0.438. The van der Waals surface area contributed by atoms with Crippen molar-refractivity contribution in [3.8, 4) is 0 Å². The van der Waals surface area contributed by atoms with Gasteiger partial charge < -0.3 is 0 Å². The zero-order valence-corrected chi connectivity index (χ0v) is 11.2. The van der Waals surface area contributed by atoms with Gasteiger partial charge in [0.1, 0.15) is 0 Å². The lowest BCUT2D eigenvalue weighted by Gasteiger charge is -2.14. The number of allylic oxidation sites excluding steroid dienone is 6. The summed E-state index contributed by atoms with van der Waals surface area (Å²) >= 11 is 0. The van der Waals surface area contributed by atoms with Crippen molar-refractivity contribution < 1.29 is 0 Å². The molecule has 0 amide bonds. The Kier molecular flexibility index (Phi) is 5.14. The van der Waals surface area contributed by atoms with E-state index in [1.54, 1.807) is 0 Å². The van der Waals surface area contributed by atoms with Crippen molar-refractivity contribution in [3.63, 3.8) is 0 Å². The van der Waals surface area contributed by atoms with E-state index in [2.05, 4.69) is 62.7 Å². The Morgan fingerprint density at radius 1 is 1.41 bits per heavy atom. The van der Waals surface area contributed by atoms with E-state index in [1.807, 2.05) is 6.08 Å². The molecular formula is C16H23N. The Morgan fingerprint density at radius 2 is 2.18 bits per heavy atom. The molecule has 0 atom stereocenters.